The second-order valence-corrected chi connectivity index (χ2v) is 9.86. The molecule has 2 amide bonds. The van der Waals surface area contributed by atoms with Gasteiger partial charge < -0.3 is 9.80 Å². The van der Waals surface area contributed by atoms with E-state index in [0.717, 1.165) is 47.7 Å². The smallest absolute Gasteiger partial charge is 0.228 e. The van der Waals surface area contributed by atoms with E-state index in [4.69, 9.17) is 0 Å². The maximum absolute atomic E-state index is 13.3. The summed E-state index contributed by atoms with van der Waals surface area (Å²) in [6.45, 7) is 8.71. The third-order valence-electron chi connectivity index (χ3n) is 6.91. The Hall–Kier alpha value is -1.43. The molecule has 0 radical (unpaired) electrons. The number of likely N-dealkylation sites (tertiary alicyclic amines) is 2. The molecule has 1 aliphatic carbocycles. The summed E-state index contributed by atoms with van der Waals surface area (Å²) in [7, 11) is 0. The molecule has 0 N–H and O–H groups in total. The number of hydrogen-bond acceptors (Lipinski definition) is 4. The molecular formula is C20H29N3O2S. The molecule has 3 fully saturated rings. The van der Waals surface area contributed by atoms with Crippen LogP contribution in [0.1, 0.15) is 61.5 Å². The van der Waals surface area contributed by atoms with Gasteiger partial charge in [-0.15, -0.1) is 11.3 Å². The molecule has 142 valence electrons. The zero-order valence-electron chi connectivity index (χ0n) is 16.2. The highest BCUT2D eigenvalue weighted by Crippen LogP contribution is 2.53. The molecule has 2 aliphatic heterocycles. The molecule has 3 heterocycles. The second kappa shape index (κ2) is 6.32. The van der Waals surface area contributed by atoms with Crippen molar-refractivity contribution in [1.82, 2.24) is 14.8 Å². The van der Waals surface area contributed by atoms with E-state index in [1.807, 2.05) is 13.8 Å². The van der Waals surface area contributed by atoms with Crippen molar-refractivity contribution in [2.75, 3.05) is 6.54 Å². The first-order valence-electron chi connectivity index (χ1n) is 9.82. The molecule has 6 heteroatoms. The van der Waals surface area contributed by atoms with Crippen molar-refractivity contribution in [3.8, 4) is 0 Å². The minimum atomic E-state index is 0.0411. The first-order chi connectivity index (χ1) is 12.3. The normalized spacial score (nSPS) is 33.3. The van der Waals surface area contributed by atoms with Gasteiger partial charge in [0.2, 0.25) is 11.8 Å². The topological polar surface area (TPSA) is 53.5 Å². The van der Waals surface area contributed by atoms with Crippen LogP contribution in [0.25, 0.3) is 0 Å². The lowest BCUT2D eigenvalue weighted by molar-refractivity contribution is -0.138. The molecular weight excluding hydrogens is 346 g/mol. The van der Waals surface area contributed by atoms with E-state index in [1.54, 1.807) is 18.3 Å². The number of amides is 2. The molecule has 0 unspecified atom stereocenters. The fraction of sp³-hybridized carbons (Fsp3) is 0.750. The monoisotopic (exact) mass is 375 g/mol. The fourth-order valence-corrected chi connectivity index (χ4v) is 6.82. The van der Waals surface area contributed by atoms with Gasteiger partial charge in [0, 0.05) is 35.8 Å². The number of carbonyl (C=O) groups excluding carboxylic acids is 2. The highest BCUT2D eigenvalue weighted by Gasteiger charge is 2.60. The van der Waals surface area contributed by atoms with E-state index in [2.05, 4.69) is 21.7 Å². The van der Waals surface area contributed by atoms with Crippen LogP contribution >= 0.6 is 11.3 Å². The van der Waals surface area contributed by atoms with E-state index in [1.165, 1.54) is 0 Å². The fourth-order valence-electron chi connectivity index (χ4n) is 5.89. The molecule has 1 aromatic heterocycles. The van der Waals surface area contributed by atoms with Crippen molar-refractivity contribution in [2.24, 2.45) is 5.41 Å². The van der Waals surface area contributed by atoms with Crippen molar-refractivity contribution in [1.29, 1.82) is 0 Å². The van der Waals surface area contributed by atoms with Crippen LogP contribution in [0.3, 0.4) is 0 Å². The molecule has 2 saturated heterocycles. The molecule has 0 aromatic carbocycles. The van der Waals surface area contributed by atoms with Gasteiger partial charge in [0.05, 0.1) is 23.2 Å². The van der Waals surface area contributed by atoms with Crippen molar-refractivity contribution < 1.29 is 9.59 Å². The minimum absolute atomic E-state index is 0.0411. The molecule has 3 aliphatic rings. The number of rotatable bonds is 2. The third kappa shape index (κ3) is 2.68. The van der Waals surface area contributed by atoms with Crippen LogP contribution in [-0.4, -0.2) is 51.3 Å². The Labute approximate surface area is 159 Å². The molecule has 0 spiro atoms. The van der Waals surface area contributed by atoms with Crippen molar-refractivity contribution in [3.05, 3.63) is 15.6 Å². The van der Waals surface area contributed by atoms with Crippen LogP contribution in [0.5, 0.6) is 0 Å². The van der Waals surface area contributed by atoms with Crippen molar-refractivity contribution in [3.63, 3.8) is 0 Å². The highest BCUT2D eigenvalue weighted by atomic mass is 32.1. The summed E-state index contributed by atoms with van der Waals surface area (Å²) < 4.78 is 0. The van der Waals surface area contributed by atoms with E-state index in [-0.39, 0.29) is 29.3 Å². The van der Waals surface area contributed by atoms with Gasteiger partial charge in [-0.3, -0.25) is 9.59 Å². The Morgan fingerprint density at radius 3 is 2.54 bits per heavy atom. The summed E-state index contributed by atoms with van der Waals surface area (Å²) in [5.74, 6) is 0.385. The van der Waals surface area contributed by atoms with Gasteiger partial charge in [-0.2, -0.15) is 0 Å². The van der Waals surface area contributed by atoms with Gasteiger partial charge in [-0.25, -0.2) is 4.98 Å². The number of piperidine rings is 1. The quantitative estimate of drug-likeness (QED) is 0.798. The average Bonchev–Trinajstić information content (AvgIpc) is 2.92. The number of thiazole rings is 1. The van der Waals surface area contributed by atoms with Gasteiger partial charge >= 0.3 is 0 Å². The predicted molar refractivity (Wildman–Crippen MR) is 102 cm³/mol. The number of carbonyl (C=O) groups is 2. The molecule has 5 nitrogen and oxygen atoms in total. The molecule has 26 heavy (non-hydrogen) atoms. The van der Waals surface area contributed by atoms with E-state index in [9.17, 15) is 9.59 Å². The molecule has 4 atom stereocenters. The number of nitrogens with zero attached hydrogens (tertiary/aromatic N) is 3. The number of aryl methyl sites for hydroxylation is 2. The predicted octanol–water partition coefficient (Wildman–Crippen LogP) is 3.08. The highest BCUT2D eigenvalue weighted by molar-refractivity contribution is 7.11. The molecule has 1 saturated carbocycles. The van der Waals surface area contributed by atoms with E-state index >= 15 is 0 Å². The van der Waals surface area contributed by atoms with Crippen LogP contribution in [0, 0.1) is 19.3 Å². The average molecular weight is 376 g/mol. The summed E-state index contributed by atoms with van der Waals surface area (Å²) >= 11 is 1.63. The van der Waals surface area contributed by atoms with Crippen LogP contribution in [0.15, 0.2) is 0 Å². The van der Waals surface area contributed by atoms with E-state index < -0.39 is 0 Å². The Bertz CT molecular complexity index is 745. The zero-order valence-corrected chi connectivity index (χ0v) is 17.1. The summed E-state index contributed by atoms with van der Waals surface area (Å²) in [4.78, 5) is 35.5. The lowest BCUT2D eigenvalue weighted by Crippen LogP contribution is -2.56. The van der Waals surface area contributed by atoms with Crippen LogP contribution in [-0.2, 0) is 16.0 Å². The minimum Gasteiger partial charge on any atom is -0.337 e. The number of fused-ring (bicyclic) bond motifs is 1. The Kier molecular flexibility index (Phi) is 4.37. The van der Waals surface area contributed by atoms with Crippen LogP contribution < -0.4 is 0 Å². The largest absolute Gasteiger partial charge is 0.337 e. The molecule has 1 aromatic rings. The SMILES string of the molecule is CC(=O)N1[C@@H]2CN(C(=O)Cc3sc(C)nc3C)[C@@H]3CCCC[C@H]1[C@]3(C)C2. The summed E-state index contributed by atoms with van der Waals surface area (Å²) in [6.07, 6.45) is 5.94. The lowest BCUT2D eigenvalue weighted by Gasteiger charge is -2.46. The Morgan fingerprint density at radius 1 is 1.23 bits per heavy atom. The Morgan fingerprint density at radius 2 is 1.92 bits per heavy atom. The maximum atomic E-state index is 13.3. The van der Waals surface area contributed by atoms with E-state index in [0.29, 0.717) is 19.0 Å². The lowest BCUT2D eigenvalue weighted by atomic mass is 9.71. The van der Waals surface area contributed by atoms with Gasteiger partial charge in [0.15, 0.2) is 0 Å². The maximum Gasteiger partial charge on any atom is 0.228 e. The van der Waals surface area contributed by atoms with Crippen LogP contribution in [0.2, 0.25) is 0 Å². The zero-order chi connectivity index (χ0) is 18.6. The van der Waals surface area contributed by atoms with Crippen molar-refractivity contribution >= 4 is 23.2 Å². The molecule has 4 rings (SSSR count). The number of aromatic nitrogens is 1. The van der Waals surface area contributed by atoms with Gasteiger partial charge in [0.25, 0.3) is 0 Å². The molecule has 2 bridgehead atoms. The van der Waals surface area contributed by atoms with Gasteiger partial charge in [-0.1, -0.05) is 19.8 Å². The Balaban J connectivity index is 1.64. The summed E-state index contributed by atoms with van der Waals surface area (Å²) in [6, 6.07) is 0.741. The van der Waals surface area contributed by atoms with Gasteiger partial charge in [0.1, 0.15) is 0 Å². The standard InChI is InChI=1S/C20H29N3O2S/c1-12-16(26-13(2)21-12)9-19(25)22-11-15-10-20(4)17(22)7-5-6-8-18(20)23(15)14(3)24/h15,17-18H,5-11H2,1-4H3/t15-,17+,18-,20+/m0/s1. The second-order valence-electron chi connectivity index (χ2n) is 8.57. The summed E-state index contributed by atoms with van der Waals surface area (Å²) in [5, 5.41) is 1.02. The van der Waals surface area contributed by atoms with Crippen LogP contribution in [0.4, 0.5) is 0 Å². The first-order valence-corrected chi connectivity index (χ1v) is 10.6. The third-order valence-corrected chi connectivity index (χ3v) is 7.98. The van der Waals surface area contributed by atoms with Crippen molar-refractivity contribution in [2.45, 2.75) is 84.3 Å². The first kappa shape index (κ1) is 18.0. The van der Waals surface area contributed by atoms with Gasteiger partial charge in [-0.05, 0) is 33.1 Å². The number of hydrogen-bond donors (Lipinski definition) is 0. The summed E-state index contributed by atoms with van der Waals surface area (Å²) in [5.41, 5.74) is 1.02.